The standard InChI is InChI=1S/C32H47ClN2/c1-2-3-4-5-6-7-8-9-10-11-12-13-14-15-16-19-26-35-31-21-18-17-20-30(31)34-32(35)27-28-22-24-29(33)25-23-28/h17-18,20-25H,2-16,19,26-27H2,1H3. The van der Waals surface area contributed by atoms with Gasteiger partial charge < -0.3 is 4.57 Å². The van der Waals surface area contributed by atoms with Crippen LogP contribution in [-0.4, -0.2) is 9.55 Å². The van der Waals surface area contributed by atoms with Crippen molar-refractivity contribution in [3.63, 3.8) is 0 Å². The Bertz CT molecular complexity index is 944. The minimum atomic E-state index is 0.787. The zero-order valence-corrected chi connectivity index (χ0v) is 22.9. The number of fused-ring (bicyclic) bond motifs is 1. The number of unbranched alkanes of at least 4 members (excludes halogenated alkanes) is 15. The van der Waals surface area contributed by atoms with Crippen molar-refractivity contribution in [2.45, 2.75) is 123 Å². The van der Waals surface area contributed by atoms with Gasteiger partial charge in [0.2, 0.25) is 0 Å². The molecule has 2 nitrogen and oxygen atoms in total. The molecule has 35 heavy (non-hydrogen) atoms. The van der Waals surface area contributed by atoms with E-state index in [1.807, 2.05) is 12.1 Å². The maximum Gasteiger partial charge on any atom is 0.114 e. The number of halogens is 1. The van der Waals surface area contributed by atoms with Crippen molar-refractivity contribution in [3.8, 4) is 0 Å². The van der Waals surface area contributed by atoms with Crippen LogP contribution in [0.15, 0.2) is 48.5 Å². The van der Waals surface area contributed by atoms with Crippen molar-refractivity contribution in [1.29, 1.82) is 0 Å². The third-order valence-corrected chi connectivity index (χ3v) is 7.50. The summed E-state index contributed by atoms with van der Waals surface area (Å²) in [7, 11) is 0. The van der Waals surface area contributed by atoms with Crippen LogP contribution in [0.25, 0.3) is 11.0 Å². The molecule has 0 saturated heterocycles. The van der Waals surface area contributed by atoms with Crippen LogP contribution in [0, 0.1) is 0 Å². The van der Waals surface area contributed by atoms with Gasteiger partial charge in [-0.3, -0.25) is 0 Å². The van der Waals surface area contributed by atoms with E-state index in [1.54, 1.807) is 0 Å². The second kappa shape index (κ2) is 16.8. The van der Waals surface area contributed by atoms with E-state index in [2.05, 4.69) is 47.9 Å². The third kappa shape index (κ3) is 10.4. The van der Waals surface area contributed by atoms with Gasteiger partial charge in [-0.2, -0.15) is 0 Å². The molecule has 0 aliphatic rings. The van der Waals surface area contributed by atoms with Crippen molar-refractivity contribution >= 4 is 22.6 Å². The van der Waals surface area contributed by atoms with Crippen LogP contribution in [-0.2, 0) is 13.0 Å². The molecule has 0 saturated carbocycles. The van der Waals surface area contributed by atoms with Crippen LogP contribution in [0.4, 0.5) is 0 Å². The van der Waals surface area contributed by atoms with Gasteiger partial charge in [0.05, 0.1) is 11.0 Å². The maximum atomic E-state index is 6.07. The van der Waals surface area contributed by atoms with Gasteiger partial charge in [-0.15, -0.1) is 0 Å². The van der Waals surface area contributed by atoms with Crippen molar-refractivity contribution in [3.05, 3.63) is 64.9 Å². The van der Waals surface area contributed by atoms with Crippen molar-refractivity contribution in [2.75, 3.05) is 0 Å². The molecule has 0 fully saturated rings. The van der Waals surface area contributed by atoms with E-state index in [0.717, 1.165) is 29.3 Å². The van der Waals surface area contributed by atoms with Crippen LogP contribution in [0.2, 0.25) is 5.02 Å². The van der Waals surface area contributed by atoms with Crippen LogP contribution < -0.4 is 0 Å². The molecular weight excluding hydrogens is 448 g/mol. The second-order valence-electron chi connectivity index (χ2n) is 10.3. The molecule has 0 aliphatic heterocycles. The predicted molar refractivity (Wildman–Crippen MR) is 154 cm³/mol. The van der Waals surface area contributed by atoms with Crippen LogP contribution >= 0.6 is 11.6 Å². The molecule has 192 valence electrons. The molecule has 3 aromatic rings. The van der Waals surface area contributed by atoms with Gasteiger partial charge in [0.15, 0.2) is 0 Å². The number of hydrogen-bond acceptors (Lipinski definition) is 1. The van der Waals surface area contributed by atoms with Crippen LogP contribution in [0.3, 0.4) is 0 Å². The predicted octanol–water partition coefficient (Wildman–Crippen LogP) is 10.5. The highest BCUT2D eigenvalue weighted by Gasteiger charge is 2.11. The summed E-state index contributed by atoms with van der Waals surface area (Å²) in [5, 5.41) is 0.787. The Kier molecular flexibility index (Phi) is 13.3. The molecule has 1 heterocycles. The Morgan fingerprint density at radius 2 is 1.14 bits per heavy atom. The van der Waals surface area contributed by atoms with Crippen LogP contribution in [0.1, 0.15) is 121 Å². The van der Waals surface area contributed by atoms with Gasteiger partial charge in [-0.1, -0.05) is 139 Å². The van der Waals surface area contributed by atoms with Crippen molar-refractivity contribution in [2.24, 2.45) is 0 Å². The lowest BCUT2D eigenvalue weighted by Gasteiger charge is -2.10. The Morgan fingerprint density at radius 1 is 0.629 bits per heavy atom. The minimum Gasteiger partial charge on any atom is -0.328 e. The van der Waals surface area contributed by atoms with Gasteiger partial charge in [0.1, 0.15) is 5.82 Å². The first-order valence-electron chi connectivity index (χ1n) is 14.5. The van der Waals surface area contributed by atoms with Gasteiger partial charge in [0.25, 0.3) is 0 Å². The highest BCUT2D eigenvalue weighted by molar-refractivity contribution is 6.30. The minimum absolute atomic E-state index is 0.787. The Morgan fingerprint density at radius 3 is 1.71 bits per heavy atom. The number of rotatable bonds is 19. The largest absolute Gasteiger partial charge is 0.328 e. The van der Waals surface area contributed by atoms with E-state index >= 15 is 0 Å². The third-order valence-electron chi connectivity index (χ3n) is 7.24. The Balaban J connectivity index is 1.28. The Labute approximate surface area is 219 Å². The second-order valence-corrected chi connectivity index (χ2v) is 10.7. The highest BCUT2D eigenvalue weighted by atomic mass is 35.5. The molecule has 0 unspecified atom stereocenters. The number of aryl methyl sites for hydroxylation is 1. The first-order valence-corrected chi connectivity index (χ1v) is 14.8. The molecule has 2 aromatic carbocycles. The zero-order valence-electron chi connectivity index (χ0n) is 22.1. The number of para-hydroxylation sites is 2. The van der Waals surface area contributed by atoms with Crippen molar-refractivity contribution in [1.82, 2.24) is 9.55 Å². The number of imidazole rings is 1. The first kappa shape index (κ1) is 27.8. The average molecular weight is 495 g/mol. The highest BCUT2D eigenvalue weighted by Crippen LogP contribution is 2.21. The fourth-order valence-electron chi connectivity index (χ4n) is 5.11. The van der Waals surface area contributed by atoms with Crippen molar-refractivity contribution < 1.29 is 0 Å². The van der Waals surface area contributed by atoms with E-state index in [0.29, 0.717) is 0 Å². The zero-order chi connectivity index (χ0) is 24.6. The Hall–Kier alpha value is -1.80. The number of benzene rings is 2. The fraction of sp³-hybridized carbons (Fsp3) is 0.594. The smallest absolute Gasteiger partial charge is 0.114 e. The summed E-state index contributed by atoms with van der Waals surface area (Å²) in [6.07, 6.45) is 23.3. The van der Waals surface area contributed by atoms with Gasteiger partial charge in [-0.05, 0) is 36.2 Å². The van der Waals surface area contributed by atoms with E-state index in [-0.39, 0.29) is 0 Å². The summed E-state index contributed by atoms with van der Waals surface area (Å²) in [4.78, 5) is 4.95. The topological polar surface area (TPSA) is 17.8 Å². The average Bonchev–Trinajstić information content (AvgIpc) is 3.22. The summed E-state index contributed by atoms with van der Waals surface area (Å²) in [6.45, 7) is 3.35. The van der Waals surface area contributed by atoms with Gasteiger partial charge in [0, 0.05) is 18.0 Å². The van der Waals surface area contributed by atoms with Gasteiger partial charge >= 0.3 is 0 Å². The summed E-state index contributed by atoms with van der Waals surface area (Å²) in [5.41, 5.74) is 3.63. The summed E-state index contributed by atoms with van der Waals surface area (Å²) in [5.74, 6) is 1.16. The number of aromatic nitrogens is 2. The molecular formula is C32H47ClN2. The van der Waals surface area contributed by atoms with E-state index in [4.69, 9.17) is 16.6 Å². The molecule has 0 bridgehead atoms. The molecule has 0 aliphatic carbocycles. The lowest BCUT2D eigenvalue weighted by molar-refractivity contribution is 0.520. The molecule has 0 radical (unpaired) electrons. The molecule has 1 aromatic heterocycles. The molecule has 0 atom stereocenters. The SMILES string of the molecule is CCCCCCCCCCCCCCCCCCn1c(Cc2ccc(Cl)cc2)nc2ccccc21. The van der Waals surface area contributed by atoms with Crippen LogP contribution in [0.5, 0.6) is 0 Å². The molecule has 3 rings (SSSR count). The normalized spacial score (nSPS) is 11.5. The summed E-state index contributed by atoms with van der Waals surface area (Å²) >= 11 is 6.07. The maximum absolute atomic E-state index is 6.07. The summed E-state index contributed by atoms with van der Waals surface area (Å²) in [6, 6.07) is 16.7. The fourth-order valence-corrected chi connectivity index (χ4v) is 5.24. The number of hydrogen-bond donors (Lipinski definition) is 0. The molecule has 0 N–H and O–H groups in total. The lowest BCUT2D eigenvalue weighted by Crippen LogP contribution is -2.05. The van der Waals surface area contributed by atoms with E-state index in [1.165, 1.54) is 114 Å². The molecule has 0 amide bonds. The first-order chi connectivity index (χ1) is 17.3. The number of nitrogens with zero attached hydrogens (tertiary/aromatic N) is 2. The molecule has 3 heteroatoms. The quantitative estimate of drug-likeness (QED) is 0.151. The molecule has 0 spiro atoms. The van der Waals surface area contributed by atoms with E-state index < -0.39 is 0 Å². The monoisotopic (exact) mass is 494 g/mol. The van der Waals surface area contributed by atoms with E-state index in [9.17, 15) is 0 Å². The lowest BCUT2D eigenvalue weighted by atomic mass is 10.0. The summed E-state index contributed by atoms with van der Waals surface area (Å²) < 4.78 is 2.44. The van der Waals surface area contributed by atoms with Gasteiger partial charge in [-0.25, -0.2) is 4.98 Å².